The number of rotatable bonds is 5. The number of pyridine rings is 1. The highest BCUT2D eigenvalue weighted by molar-refractivity contribution is 7.13. The standard InChI is InChI=1S/C20H17N3O3S/c1-25-14-9-8-13(12-15(14)26-2)20(24)22-19-18(16-6-5-11-27-16)21-17-7-3-4-10-23(17)19/h3-12H,1-2H3,(H,22,24). The largest absolute Gasteiger partial charge is 0.493 e. The summed E-state index contributed by atoms with van der Waals surface area (Å²) < 4.78 is 12.4. The lowest BCUT2D eigenvalue weighted by Gasteiger charge is -2.10. The van der Waals surface area contributed by atoms with Crippen LogP contribution < -0.4 is 14.8 Å². The SMILES string of the molecule is COc1ccc(C(=O)Nc2c(-c3cccs3)nc3ccccn23)cc1OC. The van der Waals surface area contributed by atoms with Crippen molar-refractivity contribution in [2.45, 2.75) is 0 Å². The van der Waals surface area contributed by atoms with E-state index in [0.717, 1.165) is 16.2 Å². The zero-order valence-corrected chi connectivity index (χ0v) is 15.6. The van der Waals surface area contributed by atoms with Crippen LogP contribution in [0.2, 0.25) is 0 Å². The van der Waals surface area contributed by atoms with E-state index < -0.39 is 0 Å². The van der Waals surface area contributed by atoms with E-state index in [9.17, 15) is 4.79 Å². The maximum Gasteiger partial charge on any atom is 0.256 e. The molecule has 0 spiro atoms. The van der Waals surface area contributed by atoms with Gasteiger partial charge in [0.05, 0.1) is 19.1 Å². The molecule has 0 fully saturated rings. The Morgan fingerprint density at radius 2 is 1.93 bits per heavy atom. The van der Waals surface area contributed by atoms with Gasteiger partial charge in [-0.25, -0.2) is 4.98 Å². The van der Waals surface area contributed by atoms with E-state index in [2.05, 4.69) is 10.3 Å². The van der Waals surface area contributed by atoms with Gasteiger partial charge in [0.1, 0.15) is 17.2 Å². The third-order valence-electron chi connectivity index (χ3n) is 4.16. The molecular weight excluding hydrogens is 362 g/mol. The van der Waals surface area contributed by atoms with Gasteiger partial charge in [0.15, 0.2) is 11.5 Å². The number of imidazole rings is 1. The number of amides is 1. The van der Waals surface area contributed by atoms with Crippen LogP contribution in [0.25, 0.3) is 16.2 Å². The summed E-state index contributed by atoms with van der Waals surface area (Å²) in [5.74, 6) is 1.46. The molecule has 136 valence electrons. The molecule has 4 rings (SSSR count). The van der Waals surface area contributed by atoms with Crippen molar-refractivity contribution in [3.8, 4) is 22.1 Å². The molecule has 27 heavy (non-hydrogen) atoms. The number of carbonyl (C=O) groups excluding carboxylic acids is 1. The Morgan fingerprint density at radius 1 is 1.07 bits per heavy atom. The Kier molecular flexibility index (Phi) is 4.52. The number of hydrogen-bond acceptors (Lipinski definition) is 5. The van der Waals surface area contributed by atoms with Crippen molar-refractivity contribution in [1.82, 2.24) is 9.38 Å². The number of fused-ring (bicyclic) bond motifs is 1. The van der Waals surface area contributed by atoms with Crippen LogP contribution in [0.4, 0.5) is 5.82 Å². The van der Waals surface area contributed by atoms with Crippen molar-refractivity contribution in [3.05, 3.63) is 65.7 Å². The lowest BCUT2D eigenvalue weighted by atomic mass is 10.2. The molecule has 0 saturated heterocycles. The first-order chi connectivity index (χ1) is 13.2. The molecular formula is C20H17N3O3S. The molecule has 0 saturated carbocycles. The molecule has 3 heterocycles. The summed E-state index contributed by atoms with van der Waals surface area (Å²) in [5.41, 5.74) is 1.98. The second kappa shape index (κ2) is 7.13. The van der Waals surface area contributed by atoms with E-state index >= 15 is 0 Å². The van der Waals surface area contributed by atoms with E-state index in [4.69, 9.17) is 9.47 Å². The molecule has 0 atom stereocenters. The van der Waals surface area contributed by atoms with E-state index in [1.54, 1.807) is 43.8 Å². The second-order valence-corrected chi connectivity index (χ2v) is 6.69. The fourth-order valence-electron chi connectivity index (χ4n) is 2.86. The summed E-state index contributed by atoms with van der Waals surface area (Å²) in [6.45, 7) is 0. The highest BCUT2D eigenvalue weighted by atomic mass is 32.1. The van der Waals surface area contributed by atoms with E-state index in [-0.39, 0.29) is 5.91 Å². The minimum Gasteiger partial charge on any atom is -0.493 e. The number of nitrogens with zero attached hydrogens (tertiary/aromatic N) is 2. The molecule has 0 unspecified atom stereocenters. The molecule has 7 heteroatoms. The predicted octanol–water partition coefficient (Wildman–Crippen LogP) is 4.33. The lowest BCUT2D eigenvalue weighted by Crippen LogP contribution is -2.14. The molecule has 3 aromatic heterocycles. The Labute approximate surface area is 160 Å². The van der Waals surface area contributed by atoms with Gasteiger partial charge in [0.25, 0.3) is 5.91 Å². The van der Waals surface area contributed by atoms with Crippen LogP contribution in [0.1, 0.15) is 10.4 Å². The molecule has 0 radical (unpaired) electrons. The third kappa shape index (κ3) is 3.13. The Hall–Kier alpha value is -3.32. The van der Waals surface area contributed by atoms with Crippen molar-refractivity contribution in [1.29, 1.82) is 0 Å². The number of benzene rings is 1. The number of hydrogen-bond donors (Lipinski definition) is 1. The van der Waals surface area contributed by atoms with Gasteiger partial charge in [-0.2, -0.15) is 0 Å². The number of nitrogens with one attached hydrogen (secondary N) is 1. The van der Waals surface area contributed by atoms with Gasteiger partial charge in [-0.3, -0.25) is 9.20 Å². The number of thiophene rings is 1. The van der Waals surface area contributed by atoms with Gasteiger partial charge in [-0.05, 0) is 41.8 Å². The topological polar surface area (TPSA) is 64.9 Å². The first-order valence-electron chi connectivity index (χ1n) is 8.25. The maximum absolute atomic E-state index is 12.9. The molecule has 0 aliphatic rings. The van der Waals surface area contributed by atoms with E-state index in [1.165, 1.54) is 0 Å². The van der Waals surface area contributed by atoms with Crippen molar-refractivity contribution in [2.75, 3.05) is 19.5 Å². The van der Waals surface area contributed by atoms with Crippen molar-refractivity contribution < 1.29 is 14.3 Å². The maximum atomic E-state index is 12.9. The Balaban J connectivity index is 1.75. The van der Waals surface area contributed by atoms with Gasteiger partial charge < -0.3 is 14.8 Å². The molecule has 4 aromatic rings. The first-order valence-corrected chi connectivity index (χ1v) is 9.13. The summed E-state index contributed by atoms with van der Waals surface area (Å²) in [4.78, 5) is 18.6. The molecule has 0 bridgehead atoms. The number of ether oxygens (including phenoxy) is 2. The van der Waals surface area contributed by atoms with Crippen molar-refractivity contribution in [2.24, 2.45) is 0 Å². The number of methoxy groups -OCH3 is 2. The van der Waals surface area contributed by atoms with E-state index in [0.29, 0.717) is 22.9 Å². The van der Waals surface area contributed by atoms with Crippen LogP contribution in [0.5, 0.6) is 11.5 Å². The number of anilines is 1. The molecule has 6 nitrogen and oxygen atoms in total. The highest BCUT2D eigenvalue weighted by Crippen LogP contribution is 2.33. The van der Waals surface area contributed by atoms with Gasteiger partial charge in [0, 0.05) is 11.8 Å². The smallest absolute Gasteiger partial charge is 0.256 e. The first kappa shape index (κ1) is 17.1. The minimum absolute atomic E-state index is 0.251. The monoisotopic (exact) mass is 379 g/mol. The van der Waals surface area contributed by atoms with Crippen LogP contribution in [0, 0.1) is 0 Å². The summed E-state index contributed by atoms with van der Waals surface area (Å²) in [6.07, 6.45) is 1.88. The highest BCUT2D eigenvalue weighted by Gasteiger charge is 2.18. The van der Waals surface area contributed by atoms with Crippen LogP contribution in [0.3, 0.4) is 0 Å². The Bertz CT molecular complexity index is 1100. The zero-order valence-electron chi connectivity index (χ0n) is 14.8. The average molecular weight is 379 g/mol. The third-order valence-corrected chi connectivity index (χ3v) is 5.04. The van der Waals surface area contributed by atoms with Gasteiger partial charge in [-0.15, -0.1) is 11.3 Å². The quantitative estimate of drug-likeness (QED) is 0.560. The van der Waals surface area contributed by atoms with Crippen LogP contribution in [0.15, 0.2) is 60.1 Å². The van der Waals surface area contributed by atoms with Crippen molar-refractivity contribution >= 4 is 28.7 Å². The molecule has 1 amide bonds. The van der Waals surface area contributed by atoms with Crippen molar-refractivity contribution in [3.63, 3.8) is 0 Å². The van der Waals surface area contributed by atoms with Gasteiger partial charge in [-0.1, -0.05) is 12.1 Å². The Morgan fingerprint density at radius 3 is 2.67 bits per heavy atom. The fourth-order valence-corrected chi connectivity index (χ4v) is 3.57. The summed E-state index contributed by atoms with van der Waals surface area (Å²) in [6, 6.07) is 14.7. The minimum atomic E-state index is -0.251. The van der Waals surface area contributed by atoms with Crippen LogP contribution in [-0.4, -0.2) is 29.5 Å². The normalized spacial score (nSPS) is 10.7. The predicted molar refractivity (Wildman–Crippen MR) is 106 cm³/mol. The summed E-state index contributed by atoms with van der Waals surface area (Å²) in [5, 5.41) is 4.98. The van der Waals surface area contributed by atoms with Gasteiger partial charge in [0.2, 0.25) is 0 Å². The molecule has 0 aliphatic carbocycles. The average Bonchev–Trinajstić information content (AvgIpc) is 3.35. The number of carbonyl (C=O) groups is 1. The summed E-state index contributed by atoms with van der Waals surface area (Å²) >= 11 is 1.58. The number of aromatic nitrogens is 2. The lowest BCUT2D eigenvalue weighted by molar-refractivity contribution is 0.102. The van der Waals surface area contributed by atoms with Gasteiger partial charge >= 0.3 is 0 Å². The van der Waals surface area contributed by atoms with Crippen LogP contribution in [-0.2, 0) is 0 Å². The molecule has 1 N–H and O–H groups in total. The molecule has 0 aliphatic heterocycles. The fraction of sp³-hybridized carbons (Fsp3) is 0.100. The summed E-state index contributed by atoms with van der Waals surface area (Å²) in [7, 11) is 3.10. The zero-order chi connectivity index (χ0) is 18.8. The molecule has 1 aromatic carbocycles. The van der Waals surface area contributed by atoms with E-state index in [1.807, 2.05) is 46.3 Å². The second-order valence-electron chi connectivity index (χ2n) is 5.74. The van der Waals surface area contributed by atoms with Crippen LogP contribution >= 0.6 is 11.3 Å².